The molecule has 9 heteroatoms. The van der Waals surface area contributed by atoms with E-state index < -0.39 is 30.5 Å². The second-order valence-electron chi connectivity index (χ2n) is 6.88. The fourth-order valence-corrected chi connectivity index (χ4v) is 4.97. The van der Waals surface area contributed by atoms with Crippen LogP contribution in [-0.2, 0) is 9.59 Å². The van der Waals surface area contributed by atoms with Crippen LogP contribution in [0.1, 0.15) is 35.4 Å². The summed E-state index contributed by atoms with van der Waals surface area (Å²) in [5.74, 6) is -1.57. The van der Waals surface area contributed by atoms with Crippen LogP contribution in [0.3, 0.4) is 0 Å². The summed E-state index contributed by atoms with van der Waals surface area (Å²) in [6.07, 6.45) is 1.47. The monoisotopic (exact) mass is 438 g/mol. The lowest BCUT2D eigenvalue weighted by Crippen LogP contribution is -2.49. The average Bonchev–Trinajstić information content (AvgIpc) is 3.03. The Hall–Kier alpha value is -2.45. The van der Waals surface area contributed by atoms with Crippen molar-refractivity contribution in [3.63, 3.8) is 0 Å². The van der Waals surface area contributed by atoms with Gasteiger partial charge in [0.05, 0.1) is 17.5 Å². The number of aliphatic carboxylic acids is 1. The molecule has 0 radical (unpaired) electrons. The van der Waals surface area contributed by atoms with Gasteiger partial charge in [0, 0.05) is 22.3 Å². The Labute approximate surface area is 175 Å². The SMILES string of the molecule is C=C(NC(CC(=O)O)C(=O)F)[C@@H]1CCCCN1C(=O)c1sc2ccccc2c1Cl. The maximum atomic E-state index is 13.3. The van der Waals surface area contributed by atoms with Crippen molar-refractivity contribution < 1.29 is 23.9 Å². The molecule has 1 aliphatic rings. The quantitative estimate of drug-likeness (QED) is 0.638. The molecular formula is C20H20ClFN2O4S. The largest absolute Gasteiger partial charge is 0.481 e. The van der Waals surface area contributed by atoms with E-state index in [2.05, 4.69) is 11.9 Å². The first-order valence-corrected chi connectivity index (χ1v) is 10.3. The van der Waals surface area contributed by atoms with Crippen LogP contribution in [0.25, 0.3) is 10.1 Å². The van der Waals surface area contributed by atoms with E-state index in [1.165, 1.54) is 11.3 Å². The molecule has 2 heterocycles. The highest BCUT2D eigenvalue weighted by Crippen LogP contribution is 2.37. The van der Waals surface area contributed by atoms with E-state index in [0.717, 1.165) is 22.9 Å². The number of carbonyl (C=O) groups excluding carboxylic acids is 2. The number of benzene rings is 1. The van der Waals surface area contributed by atoms with Gasteiger partial charge in [-0.3, -0.25) is 14.4 Å². The minimum atomic E-state index is -1.78. The summed E-state index contributed by atoms with van der Waals surface area (Å²) in [5.41, 5.74) is 0.243. The van der Waals surface area contributed by atoms with Crippen molar-refractivity contribution in [3.05, 3.63) is 46.4 Å². The Balaban J connectivity index is 1.83. The van der Waals surface area contributed by atoms with Gasteiger partial charge in [0.1, 0.15) is 10.9 Å². The predicted molar refractivity (Wildman–Crippen MR) is 110 cm³/mol. The molecule has 0 bridgehead atoms. The minimum Gasteiger partial charge on any atom is -0.481 e. The maximum absolute atomic E-state index is 13.3. The van der Waals surface area contributed by atoms with Crippen molar-refractivity contribution in [1.82, 2.24) is 10.2 Å². The molecule has 29 heavy (non-hydrogen) atoms. The lowest BCUT2D eigenvalue weighted by Gasteiger charge is -2.37. The number of nitrogens with zero attached hydrogens (tertiary/aromatic N) is 1. The molecule has 0 spiro atoms. The van der Waals surface area contributed by atoms with E-state index in [0.29, 0.717) is 22.9 Å². The average molecular weight is 439 g/mol. The van der Waals surface area contributed by atoms with Crippen LogP contribution >= 0.6 is 22.9 Å². The summed E-state index contributed by atoms with van der Waals surface area (Å²) < 4.78 is 14.1. The first-order chi connectivity index (χ1) is 13.8. The number of halogens is 2. The van der Waals surface area contributed by atoms with Crippen molar-refractivity contribution in [3.8, 4) is 0 Å². The topological polar surface area (TPSA) is 86.7 Å². The standard InChI is InChI=1S/C20H20ClFN2O4S/c1-11(23-13(19(22)27)10-16(25)26)14-7-4-5-9-24(14)20(28)18-17(21)12-6-2-3-8-15(12)29-18/h2-3,6,8,13-14,23H,1,4-5,7,9-10H2,(H,25,26)/t13?,14-/m0/s1. The number of fused-ring (bicyclic) bond motifs is 1. The fourth-order valence-electron chi connectivity index (χ4n) is 3.50. The van der Waals surface area contributed by atoms with E-state index in [4.69, 9.17) is 16.7 Å². The number of hydrogen-bond acceptors (Lipinski definition) is 5. The van der Waals surface area contributed by atoms with Gasteiger partial charge in [-0.25, -0.2) is 0 Å². The van der Waals surface area contributed by atoms with Crippen LogP contribution in [0.15, 0.2) is 36.5 Å². The first kappa shape index (κ1) is 21.3. The summed E-state index contributed by atoms with van der Waals surface area (Å²) in [6.45, 7) is 4.31. The molecule has 2 atom stereocenters. The Morgan fingerprint density at radius 2 is 2.07 bits per heavy atom. The number of piperidine rings is 1. The van der Waals surface area contributed by atoms with E-state index in [-0.39, 0.29) is 11.6 Å². The van der Waals surface area contributed by atoms with Crippen LogP contribution in [-0.4, -0.2) is 46.5 Å². The number of rotatable bonds is 7. The number of carboxylic acids is 1. The number of carboxylic acid groups (broad SMARTS) is 1. The zero-order chi connectivity index (χ0) is 21.1. The summed E-state index contributed by atoms with van der Waals surface area (Å²) in [7, 11) is 0. The lowest BCUT2D eigenvalue weighted by molar-refractivity contribution is -0.142. The lowest BCUT2D eigenvalue weighted by atomic mass is 9.98. The molecular weight excluding hydrogens is 419 g/mol. The number of nitrogens with one attached hydrogen (secondary N) is 1. The summed E-state index contributed by atoms with van der Waals surface area (Å²) >= 11 is 7.75. The van der Waals surface area contributed by atoms with Crippen molar-refractivity contribution >= 4 is 50.9 Å². The van der Waals surface area contributed by atoms with Crippen LogP contribution < -0.4 is 5.32 Å². The number of carbonyl (C=O) groups is 3. The third-order valence-corrected chi connectivity index (χ3v) is 6.57. The molecule has 3 rings (SSSR count). The van der Waals surface area contributed by atoms with Crippen molar-refractivity contribution in [2.75, 3.05) is 6.54 Å². The van der Waals surface area contributed by atoms with E-state index in [1.54, 1.807) is 4.90 Å². The van der Waals surface area contributed by atoms with Crippen molar-refractivity contribution in [2.45, 2.75) is 37.8 Å². The Kier molecular flexibility index (Phi) is 6.54. The zero-order valence-corrected chi connectivity index (χ0v) is 17.1. The van der Waals surface area contributed by atoms with Crippen molar-refractivity contribution in [2.24, 2.45) is 0 Å². The molecule has 1 saturated heterocycles. The second kappa shape index (κ2) is 8.92. The summed E-state index contributed by atoms with van der Waals surface area (Å²) in [6, 6.07) is 3.65. The maximum Gasteiger partial charge on any atom is 0.324 e. The third-order valence-electron chi connectivity index (χ3n) is 4.91. The minimum absolute atomic E-state index is 0.243. The molecule has 1 unspecified atom stereocenters. The predicted octanol–water partition coefficient (Wildman–Crippen LogP) is 3.99. The number of likely N-dealkylation sites (tertiary alicyclic amines) is 1. The third kappa shape index (κ3) is 4.59. The van der Waals surface area contributed by atoms with Gasteiger partial charge in [-0.15, -0.1) is 11.3 Å². The molecule has 1 fully saturated rings. The van der Waals surface area contributed by atoms with Gasteiger partial charge in [0.25, 0.3) is 5.91 Å². The highest BCUT2D eigenvalue weighted by molar-refractivity contribution is 7.21. The Morgan fingerprint density at radius 3 is 2.72 bits per heavy atom. The molecule has 2 aromatic rings. The van der Waals surface area contributed by atoms with E-state index in [1.807, 2.05) is 24.3 Å². The molecule has 154 valence electrons. The number of amides is 1. The molecule has 6 nitrogen and oxygen atoms in total. The fraction of sp³-hybridized carbons (Fsp3) is 0.350. The highest BCUT2D eigenvalue weighted by Gasteiger charge is 2.33. The molecule has 1 aromatic carbocycles. The van der Waals surface area contributed by atoms with E-state index in [9.17, 15) is 18.8 Å². The number of thiophene rings is 1. The molecule has 1 aromatic heterocycles. The van der Waals surface area contributed by atoms with Gasteiger partial charge in [-0.05, 0) is 25.3 Å². The summed E-state index contributed by atoms with van der Waals surface area (Å²) in [5, 5.41) is 12.6. The van der Waals surface area contributed by atoms with Gasteiger partial charge >= 0.3 is 12.0 Å². The van der Waals surface area contributed by atoms with Crippen LogP contribution in [0.5, 0.6) is 0 Å². The zero-order valence-electron chi connectivity index (χ0n) is 15.5. The van der Waals surface area contributed by atoms with Crippen LogP contribution in [0.4, 0.5) is 4.39 Å². The smallest absolute Gasteiger partial charge is 0.324 e. The molecule has 0 aliphatic carbocycles. The van der Waals surface area contributed by atoms with Gasteiger partial charge < -0.3 is 15.3 Å². The van der Waals surface area contributed by atoms with E-state index >= 15 is 0 Å². The molecule has 0 saturated carbocycles. The van der Waals surface area contributed by atoms with Crippen molar-refractivity contribution in [1.29, 1.82) is 0 Å². The molecule has 1 amide bonds. The molecule has 2 N–H and O–H groups in total. The van der Waals surface area contributed by atoms with Gasteiger partial charge in [-0.1, -0.05) is 36.4 Å². The highest BCUT2D eigenvalue weighted by atomic mass is 35.5. The summed E-state index contributed by atoms with van der Waals surface area (Å²) in [4.78, 5) is 37.3. The van der Waals surface area contributed by atoms with Gasteiger partial charge in [0.15, 0.2) is 0 Å². The Bertz CT molecular complexity index is 977. The van der Waals surface area contributed by atoms with Crippen LogP contribution in [0.2, 0.25) is 5.02 Å². The second-order valence-corrected chi connectivity index (χ2v) is 8.31. The van der Waals surface area contributed by atoms with Gasteiger partial charge in [0.2, 0.25) is 0 Å². The first-order valence-electron chi connectivity index (χ1n) is 9.14. The van der Waals surface area contributed by atoms with Gasteiger partial charge in [-0.2, -0.15) is 4.39 Å². The Morgan fingerprint density at radius 1 is 1.34 bits per heavy atom. The number of hydrogen-bond donors (Lipinski definition) is 2. The van der Waals surface area contributed by atoms with Crippen LogP contribution in [0, 0.1) is 0 Å². The molecule has 1 aliphatic heterocycles. The normalized spacial score (nSPS) is 17.7.